The van der Waals surface area contributed by atoms with Crippen LogP contribution >= 0.6 is 11.8 Å². The Morgan fingerprint density at radius 2 is 2.33 bits per heavy atom. The highest BCUT2D eigenvalue weighted by Gasteiger charge is 2.32. The lowest BCUT2D eigenvalue weighted by molar-refractivity contribution is 0.0699. The number of carbonyl (C=O) groups is 1. The van der Waals surface area contributed by atoms with E-state index in [2.05, 4.69) is 4.98 Å². The highest BCUT2D eigenvalue weighted by molar-refractivity contribution is 7.97. The second-order valence-corrected chi connectivity index (χ2v) is 5.98. The minimum atomic E-state index is -0.0319. The number of aromatic nitrogens is 1. The second kappa shape index (κ2) is 6.35. The summed E-state index contributed by atoms with van der Waals surface area (Å²) in [7, 11) is 0. The lowest BCUT2D eigenvalue weighted by Crippen LogP contribution is -2.30. The lowest BCUT2D eigenvalue weighted by atomic mass is 10.1. The van der Waals surface area contributed by atoms with Crippen LogP contribution in [0, 0.1) is 0 Å². The van der Waals surface area contributed by atoms with Gasteiger partial charge in [0.15, 0.2) is 5.76 Å². The summed E-state index contributed by atoms with van der Waals surface area (Å²) in [5, 5.41) is 0. The molecule has 0 N–H and O–H groups in total. The fraction of sp³-hybridized carbons (Fsp3) is 0.375. The Balaban J connectivity index is 1.79. The summed E-state index contributed by atoms with van der Waals surface area (Å²) in [4.78, 5) is 18.9. The van der Waals surface area contributed by atoms with Gasteiger partial charge < -0.3 is 9.32 Å². The molecule has 0 unspecified atom stereocenters. The average molecular weight is 302 g/mol. The Kier molecular flexibility index (Phi) is 4.29. The third kappa shape index (κ3) is 2.97. The number of nitrogens with zero attached hydrogens (tertiary/aromatic N) is 2. The molecule has 5 heteroatoms. The van der Waals surface area contributed by atoms with Crippen molar-refractivity contribution in [3.05, 3.63) is 53.7 Å². The number of thioether (sulfide) groups is 1. The summed E-state index contributed by atoms with van der Waals surface area (Å²) in [5.74, 6) is 2.04. The number of pyridine rings is 1. The lowest BCUT2D eigenvalue weighted by Gasteiger charge is -2.23. The molecule has 0 radical (unpaired) electrons. The monoisotopic (exact) mass is 302 g/mol. The van der Waals surface area contributed by atoms with Gasteiger partial charge in [0.25, 0.3) is 5.91 Å². The van der Waals surface area contributed by atoms with Crippen molar-refractivity contribution in [1.29, 1.82) is 0 Å². The molecule has 110 valence electrons. The normalized spacial score (nSPS) is 18.1. The number of hydrogen-bond acceptors (Lipinski definition) is 4. The summed E-state index contributed by atoms with van der Waals surface area (Å²) >= 11 is 1.68. The first-order chi connectivity index (χ1) is 10.3. The molecule has 0 bridgehead atoms. The van der Waals surface area contributed by atoms with Crippen LogP contribution in [0.25, 0.3) is 0 Å². The van der Waals surface area contributed by atoms with Crippen molar-refractivity contribution in [1.82, 2.24) is 9.88 Å². The van der Waals surface area contributed by atoms with Crippen LogP contribution in [0.3, 0.4) is 0 Å². The molecule has 4 nitrogen and oxygen atoms in total. The van der Waals surface area contributed by atoms with Gasteiger partial charge in [-0.25, -0.2) is 0 Å². The number of amides is 1. The molecule has 3 heterocycles. The molecule has 0 aliphatic carbocycles. The molecule has 2 aromatic heterocycles. The number of likely N-dealkylation sites (tertiary alicyclic amines) is 1. The maximum atomic E-state index is 12.6. The Morgan fingerprint density at radius 3 is 3.10 bits per heavy atom. The summed E-state index contributed by atoms with van der Waals surface area (Å²) in [5.41, 5.74) is 0.958. The van der Waals surface area contributed by atoms with Crippen LogP contribution < -0.4 is 0 Å². The fourth-order valence-electron chi connectivity index (χ4n) is 2.74. The summed E-state index contributed by atoms with van der Waals surface area (Å²) < 4.78 is 5.65. The molecular weight excluding hydrogens is 284 g/mol. The summed E-state index contributed by atoms with van der Waals surface area (Å²) in [6, 6.07) is 9.57. The van der Waals surface area contributed by atoms with Crippen LogP contribution in [0.4, 0.5) is 0 Å². The molecule has 1 saturated heterocycles. The minimum absolute atomic E-state index is 0.0319. The third-order valence-corrected chi connectivity index (χ3v) is 4.28. The van der Waals surface area contributed by atoms with Crippen LogP contribution in [0.2, 0.25) is 0 Å². The molecule has 1 aliphatic rings. The van der Waals surface area contributed by atoms with Crippen molar-refractivity contribution in [3.63, 3.8) is 0 Å². The van der Waals surface area contributed by atoms with E-state index in [1.807, 2.05) is 35.4 Å². The van der Waals surface area contributed by atoms with Gasteiger partial charge >= 0.3 is 0 Å². The zero-order chi connectivity index (χ0) is 14.7. The van der Waals surface area contributed by atoms with Crippen molar-refractivity contribution in [2.45, 2.75) is 24.6 Å². The quantitative estimate of drug-likeness (QED) is 0.867. The molecule has 2 aromatic rings. The Labute approximate surface area is 128 Å². The van der Waals surface area contributed by atoms with Gasteiger partial charge in [-0.1, -0.05) is 6.07 Å². The minimum Gasteiger partial charge on any atom is -0.455 e. The van der Waals surface area contributed by atoms with Gasteiger partial charge in [0.2, 0.25) is 0 Å². The maximum absolute atomic E-state index is 12.6. The van der Waals surface area contributed by atoms with Crippen LogP contribution in [0.5, 0.6) is 0 Å². The predicted octanol–water partition coefficient (Wildman–Crippen LogP) is 3.51. The van der Waals surface area contributed by atoms with Crippen molar-refractivity contribution < 1.29 is 9.21 Å². The average Bonchev–Trinajstić information content (AvgIpc) is 3.17. The number of carbonyl (C=O) groups excluding carboxylic acids is 1. The van der Waals surface area contributed by atoms with E-state index < -0.39 is 0 Å². The summed E-state index contributed by atoms with van der Waals surface area (Å²) in [6.45, 7) is 0.763. The topological polar surface area (TPSA) is 46.3 Å². The second-order valence-electron chi connectivity index (χ2n) is 5.11. The van der Waals surface area contributed by atoms with Gasteiger partial charge in [-0.05, 0) is 43.4 Å². The van der Waals surface area contributed by atoms with Gasteiger partial charge in [0.05, 0.1) is 17.5 Å². The van der Waals surface area contributed by atoms with Crippen LogP contribution in [0.1, 0.15) is 40.9 Å². The molecule has 21 heavy (non-hydrogen) atoms. The number of rotatable bonds is 4. The highest BCUT2D eigenvalue weighted by Crippen LogP contribution is 2.32. The molecule has 0 aromatic carbocycles. The zero-order valence-electron chi connectivity index (χ0n) is 12.0. The van der Waals surface area contributed by atoms with Crippen LogP contribution in [-0.2, 0) is 5.75 Å². The van der Waals surface area contributed by atoms with Gasteiger partial charge in [0.1, 0.15) is 5.76 Å². The van der Waals surface area contributed by atoms with Crippen molar-refractivity contribution >= 4 is 17.7 Å². The molecule has 1 amide bonds. The van der Waals surface area contributed by atoms with Gasteiger partial charge in [-0.15, -0.1) is 0 Å². The van der Waals surface area contributed by atoms with E-state index in [9.17, 15) is 4.79 Å². The first-order valence-corrected chi connectivity index (χ1v) is 8.48. The molecule has 1 aliphatic heterocycles. The Hall–Kier alpha value is -1.75. The maximum Gasteiger partial charge on any atom is 0.290 e. The molecule has 1 atom stereocenters. The van der Waals surface area contributed by atoms with Crippen LogP contribution in [-0.4, -0.2) is 28.6 Å². The third-order valence-electron chi connectivity index (χ3n) is 3.70. The van der Waals surface area contributed by atoms with E-state index in [1.165, 1.54) is 0 Å². The van der Waals surface area contributed by atoms with Crippen molar-refractivity contribution in [3.8, 4) is 0 Å². The molecular formula is C16H18N2O2S. The van der Waals surface area contributed by atoms with E-state index in [1.54, 1.807) is 24.0 Å². The predicted molar refractivity (Wildman–Crippen MR) is 83.2 cm³/mol. The van der Waals surface area contributed by atoms with Gasteiger partial charge in [0, 0.05) is 12.7 Å². The Morgan fingerprint density at radius 1 is 1.43 bits per heavy atom. The number of furan rings is 1. The zero-order valence-corrected chi connectivity index (χ0v) is 12.8. The first-order valence-electron chi connectivity index (χ1n) is 7.09. The smallest absolute Gasteiger partial charge is 0.290 e. The van der Waals surface area contributed by atoms with E-state index in [4.69, 9.17) is 4.42 Å². The number of hydrogen-bond donors (Lipinski definition) is 0. The van der Waals surface area contributed by atoms with Crippen LogP contribution in [0.15, 0.2) is 40.9 Å². The molecule has 0 spiro atoms. The Bertz CT molecular complexity index is 612. The molecule has 0 saturated carbocycles. The highest BCUT2D eigenvalue weighted by atomic mass is 32.2. The van der Waals surface area contributed by atoms with Gasteiger partial charge in [-0.3, -0.25) is 9.78 Å². The molecule has 1 fully saturated rings. The van der Waals surface area contributed by atoms with Crippen molar-refractivity contribution in [2.75, 3.05) is 12.8 Å². The largest absolute Gasteiger partial charge is 0.455 e. The van der Waals surface area contributed by atoms with Gasteiger partial charge in [-0.2, -0.15) is 11.8 Å². The standard InChI is InChI=1S/C16H18N2O2S/c1-21-11-12-7-8-15(20-12)16(19)18-10-4-6-14(18)13-5-2-3-9-17-13/h2-3,5,7-9,14H,4,6,10-11H2,1H3/t14-/m1/s1. The summed E-state index contributed by atoms with van der Waals surface area (Å²) in [6.07, 6.45) is 5.76. The SMILES string of the molecule is CSCc1ccc(C(=O)N2CCC[C@@H]2c2ccccn2)o1. The van der Waals surface area contributed by atoms with E-state index >= 15 is 0 Å². The fourth-order valence-corrected chi connectivity index (χ4v) is 3.18. The van der Waals surface area contributed by atoms with E-state index in [-0.39, 0.29) is 11.9 Å². The van der Waals surface area contributed by atoms with Crippen molar-refractivity contribution in [2.24, 2.45) is 0 Å². The first kappa shape index (κ1) is 14.2. The van der Waals surface area contributed by atoms with E-state index in [0.29, 0.717) is 5.76 Å². The van der Waals surface area contributed by atoms with E-state index in [0.717, 1.165) is 36.6 Å². The molecule has 3 rings (SSSR count).